The maximum absolute atomic E-state index is 11.0. The van der Waals surface area contributed by atoms with Crippen molar-refractivity contribution >= 4 is 21.4 Å². The summed E-state index contributed by atoms with van der Waals surface area (Å²) in [4.78, 5) is 10.0. The van der Waals surface area contributed by atoms with Gasteiger partial charge in [-0.25, -0.2) is 8.42 Å². The highest BCUT2D eigenvalue weighted by molar-refractivity contribution is 7.92. The van der Waals surface area contributed by atoms with Gasteiger partial charge in [-0.1, -0.05) is 12.1 Å². The van der Waals surface area contributed by atoms with E-state index in [9.17, 15) is 18.5 Å². The predicted molar refractivity (Wildman–Crippen MR) is 101 cm³/mol. The predicted octanol–water partition coefficient (Wildman–Crippen LogP) is 3.29. The molecule has 9 heteroatoms. The van der Waals surface area contributed by atoms with Crippen LogP contribution in [0.4, 0.5) is 11.4 Å². The number of methoxy groups -OCH3 is 2. The Bertz CT molecular complexity index is 881. The van der Waals surface area contributed by atoms with Crippen LogP contribution in [0, 0.1) is 24.0 Å². The van der Waals surface area contributed by atoms with Crippen molar-refractivity contribution in [2.24, 2.45) is 0 Å². The first-order chi connectivity index (χ1) is 12.1. The molecule has 0 amide bonds. The fourth-order valence-corrected chi connectivity index (χ4v) is 2.60. The third-order valence-electron chi connectivity index (χ3n) is 3.18. The molecule has 0 saturated heterocycles. The highest BCUT2D eigenvalue weighted by Gasteiger charge is 2.13. The van der Waals surface area contributed by atoms with E-state index >= 15 is 0 Å². The van der Waals surface area contributed by atoms with E-state index in [1.165, 1.54) is 20.3 Å². The average Bonchev–Trinajstić information content (AvgIpc) is 2.54. The molecule has 0 aromatic heterocycles. The second kappa shape index (κ2) is 9.04. The van der Waals surface area contributed by atoms with E-state index in [-0.39, 0.29) is 5.69 Å². The van der Waals surface area contributed by atoms with E-state index in [2.05, 4.69) is 4.72 Å². The molecule has 0 radical (unpaired) electrons. The second-order valence-corrected chi connectivity index (χ2v) is 7.26. The van der Waals surface area contributed by atoms with Crippen molar-refractivity contribution in [3.05, 3.63) is 57.6 Å². The zero-order chi connectivity index (χ0) is 19.9. The average molecular weight is 382 g/mol. The smallest absolute Gasteiger partial charge is 0.311 e. The molecule has 0 spiro atoms. The molecule has 0 aliphatic heterocycles. The number of nitro benzene ring substituents is 1. The summed E-state index contributed by atoms with van der Waals surface area (Å²) in [6, 6.07) is 10.1. The minimum Gasteiger partial charge on any atom is -0.495 e. The van der Waals surface area contributed by atoms with Gasteiger partial charge in [0, 0.05) is 6.07 Å². The molecule has 2 aromatic carbocycles. The Morgan fingerprint density at radius 2 is 1.46 bits per heavy atom. The summed E-state index contributed by atoms with van der Waals surface area (Å²) in [6.07, 6.45) is 1.11. The molecule has 1 N–H and O–H groups in total. The standard InChI is InChI=1S/C9H13NO3S.C8H9NO3/c1-7-4-5-9(13-2)8(6-7)10-14(3,11)12;1-6-3-4-8(12-2)7(5-6)9(10)11/h4-6,10H,1-3H3;3-5H,1-2H3. The first-order valence-electron chi connectivity index (χ1n) is 7.49. The molecular formula is C17H22N2O6S. The monoisotopic (exact) mass is 382 g/mol. The van der Waals surface area contributed by atoms with Gasteiger partial charge in [-0.15, -0.1) is 0 Å². The molecule has 0 aliphatic carbocycles. The van der Waals surface area contributed by atoms with Crippen LogP contribution in [0.1, 0.15) is 11.1 Å². The minimum atomic E-state index is -3.26. The molecule has 0 heterocycles. The van der Waals surface area contributed by atoms with Gasteiger partial charge in [0.15, 0.2) is 5.75 Å². The van der Waals surface area contributed by atoms with Crippen molar-refractivity contribution in [3.8, 4) is 11.5 Å². The van der Waals surface area contributed by atoms with Crippen molar-refractivity contribution in [2.75, 3.05) is 25.2 Å². The minimum absolute atomic E-state index is 0.0116. The number of sulfonamides is 1. The Hall–Kier alpha value is -2.81. The van der Waals surface area contributed by atoms with Gasteiger partial charge in [0.25, 0.3) is 0 Å². The van der Waals surface area contributed by atoms with E-state index in [1.54, 1.807) is 31.2 Å². The third kappa shape index (κ3) is 6.60. The van der Waals surface area contributed by atoms with E-state index in [4.69, 9.17) is 9.47 Å². The Labute approximate surface area is 153 Å². The van der Waals surface area contributed by atoms with Crippen LogP contribution in [0.5, 0.6) is 11.5 Å². The van der Waals surface area contributed by atoms with E-state index in [1.807, 2.05) is 13.0 Å². The number of ether oxygens (including phenoxy) is 2. The molecule has 0 unspecified atom stereocenters. The Kier molecular flexibility index (Phi) is 7.39. The maximum atomic E-state index is 11.0. The molecule has 142 valence electrons. The lowest BCUT2D eigenvalue weighted by Gasteiger charge is -2.09. The van der Waals surface area contributed by atoms with Crippen LogP contribution in [0.15, 0.2) is 36.4 Å². The number of benzene rings is 2. The van der Waals surface area contributed by atoms with Crippen LogP contribution >= 0.6 is 0 Å². The van der Waals surface area contributed by atoms with Gasteiger partial charge in [-0.2, -0.15) is 0 Å². The van der Waals surface area contributed by atoms with E-state index in [0.717, 1.165) is 17.4 Å². The molecule has 8 nitrogen and oxygen atoms in total. The third-order valence-corrected chi connectivity index (χ3v) is 3.77. The Balaban J connectivity index is 0.000000263. The van der Waals surface area contributed by atoms with E-state index < -0.39 is 14.9 Å². The van der Waals surface area contributed by atoms with Crippen LogP contribution in [0.3, 0.4) is 0 Å². The van der Waals surface area contributed by atoms with Gasteiger partial charge in [0.05, 0.1) is 31.1 Å². The molecule has 26 heavy (non-hydrogen) atoms. The quantitative estimate of drug-likeness (QED) is 0.628. The summed E-state index contributed by atoms with van der Waals surface area (Å²) >= 11 is 0. The van der Waals surface area contributed by atoms with Gasteiger partial charge in [0.1, 0.15) is 5.75 Å². The lowest BCUT2D eigenvalue weighted by Crippen LogP contribution is -2.10. The number of hydrogen-bond donors (Lipinski definition) is 1. The van der Waals surface area contributed by atoms with Crippen LogP contribution < -0.4 is 14.2 Å². The summed E-state index contributed by atoms with van der Waals surface area (Å²) in [5, 5.41) is 10.5. The molecular weight excluding hydrogens is 360 g/mol. The molecule has 2 rings (SSSR count). The highest BCUT2D eigenvalue weighted by Crippen LogP contribution is 2.27. The van der Waals surface area contributed by atoms with Crippen LogP contribution in [0.25, 0.3) is 0 Å². The zero-order valence-electron chi connectivity index (χ0n) is 15.3. The van der Waals surface area contributed by atoms with Gasteiger partial charge >= 0.3 is 5.69 Å². The SMILES string of the molecule is COc1ccc(C)cc1NS(C)(=O)=O.COc1ccc(C)cc1[N+](=O)[O-]. The highest BCUT2D eigenvalue weighted by atomic mass is 32.2. The molecule has 0 bridgehead atoms. The van der Waals surface area contributed by atoms with Crippen molar-refractivity contribution in [3.63, 3.8) is 0 Å². The van der Waals surface area contributed by atoms with Gasteiger partial charge in [0.2, 0.25) is 10.0 Å². The number of hydrogen-bond acceptors (Lipinski definition) is 6. The van der Waals surface area contributed by atoms with Crippen molar-refractivity contribution in [2.45, 2.75) is 13.8 Å². The van der Waals surface area contributed by atoms with Gasteiger partial charge < -0.3 is 9.47 Å². The number of nitro groups is 1. The van der Waals surface area contributed by atoms with Crippen molar-refractivity contribution in [1.82, 2.24) is 0 Å². The van der Waals surface area contributed by atoms with Crippen LogP contribution in [-0.4, -0.2) is 33.8 Å². The van der Waals surface area contributed by atoms with Crippen molar-refractivity contribution in [1.29, 1.82) is 0 Å². The van der Waals surface area contributed by atoms with Crippen LogP contribution in [0.2, 0.25) is 0 Å². The second-order valence-electron chi connectivity index (χ2n) is 5.51. The number of aryl methyl sites for hydroxylation is 2. The Morgan fingerprint density at radius 3 is 1.92 bits per heavy atom. The number of rotatable bonds is 5. The van der Waals surface area contributed by atoms with E-state index in [0.29, 0.717) is 17.2 Å². The lowest BCUT2D eigenvalue weighted by molar-refractivity contribution is -0.385. The fourth-order valence-electron chi connectivity index (χ4n) is 2.04. The summed E-state index contributed by atoms with van der Waals surface area (Å²) < 4.78 is 34.3. The zero-order valence-corrected chi connectivity index (χ0v) is 16.1. The lowest BCUT2D eigenvalue weighted by atomic mass is 10.2. The summed E-state index contributed by atoms with van der Waals surface area (Å²) in [7, 11) is -0.344. The van der Waals surface area contributed by atoms with Gasteiger partial charge in [-0.3, -0.25) is 14.8 Å². The molecule has 0 aliphatic rings. The molecule has 0 fully saturated rings. The summed E-state index contributed by atoms with van der Waals surface area (Å²) in [6.45, 7) is 3.68. The molecule has 0 saturated carbocycles. The molecule has 0 atom stereocenters. The van der Waals surface area contributed by atoms with Gasteiger partial charge in [-0.05, 0) is 43.2 Å². The molecule has 2 aromatic rings. The largest absolute Gasteiger partial charge is 0.495 e. The topological polar surface area (TPSA) is 108 Å². The Morgan fingerprint density at radius 1 is 0.962 bits per heavy atom. The summed E-state index contributed by atoms with van der Waals surface area (Å²) in [5.74, 6) is 0.812. The number of anilines is 1. The first kappa shape index (κ1) is 21.2. The number of nitrogens with zero attached hydrogens (tertiary/aromatic N) is 1. The maximum Gasteiger partial charge on any atom is 0.311 e. The van der Waals surface area contributed by atoms with Crippen LogP contribution in [-0.2, 0) is 10.0 Å². The number of nitrogens with one attached hydrogen (secondary N) is 1. The first-order valence-corrected chi connectivity index (χ1v) is 9.38. The normalized spacial score (nSPS) is 10.3. The van der Waals surface area contributed by atoms with Crippen molar-refractivity contribution < 1.29 is 22.8 Å². The summed E-state index contributed by atoms with van der Waals surface area (Å²) in [5.41, 5.74) is 2.30. The fraction of sp³-hybridized carbons (Fsp3) is 0.294.